The highest BCUT2D eigenvalue weighted by Gasteiger charge is 2.26. The third kappa shape index (κ3) is 6.03. The van der Waals surface area contributed by atoms with E-state index in [9.17, 15) is 13.2 Å². The maximum atomic E-state index is 12.8. The molecular weight excluding hydrogens is 504 g/mol. The van der Waals surface area contributed by atoms with Gasteiger partial charge in [0.05, 0.1) is 43.0 Å². The standard InChI is InChI=1S/C27H34N6O4S/c1-19-12-21(14-33-16-22-15-32(17-23(22)28-33)25(34)10-7-11-31(2)3)13-24-26(19)27(29-37-24)30-38(35,36)18-20-8-5-4-6-9-20/h12-13,16,20H,4-6,8-9,11,14-15,17-18H2,1-3H3,(H,29,30). The molecule has 10 nitrogen and oxygen atoms in total. The first-order valence-corrected chi connectivity index (χ1v) is 14.7. The van der Waals surface area contributed by atoms with Gasteiger partial charge in [0, 0.05) is 11.8 Å². The number of nitrogens with one attached hydrogen (secondary N) is 1. The molecule has 0 bridgehead atoms. The lowest BCUT2D eigenvalue weighted by molar-refractivity contribution is -0.125. The highest BCUT2D eigenvalue weighted by Crippen LogP contribution is 2.31. The summed E-state index contributed by atoms with van der Waals surface area (Å²) in [5.74, 6) is 5.96. The molecule has 3 heterocycles. The Labute approximate surface area is 223 Å². The number of aromatic nitrogens is 3. The second-order valence-electron chi connectivity index (χ2n) is 10.7. The van der Waals surface area contributed by atoms with Gasteiger partial charge in [-0.2, -0.15) is 5.10 Å². The molecule has 202 valence electrons. The van der Waals surface area contributed by atoms with Crippen molar-refractivity contribution in [3.05, 3.63) is 40.7 Å². The lowest BCUT2D eigenvalue weighted by atomic mass is 9.91. The van der Waals surface area contributed by atoms with Crippen molar-refractivity contribution in [2.75, 3.05) is 31.1 Å². The molecule has 1 aliphatic carbocycles. The highest BCUT2D eigenvalue weighted by atomic mass is 32.2. The molecule has 0 spiro atoms. The van der Waals surface area contributed by atoms with Crippen LogP contribution in [-0.2, 0) is 34.5 Å². The molecule has 2 aliphatic rings. The molecule has 2 aromatic heterocycles. The number of sulfonamides is 1. The molecule has 1 saturated carbocycles. The minimum Gasteiger partial charge on any atom is -0.354 e. The summed E-state index contributed by atoms with van der Waals surface area (Å²) in [4.78, 5) is 16.0. The maximum Gasteiger partial charge on any atom is 0.299 e. The fourth-order valence-corrected chi connectivity index (χ4v) is 6.80. The molecule has 38 heavy (non-hydrogen) atoms. The Hall–Kier alpha value is -3.36. The Morgan fingerprint density at radius 2 is 2.00 bits per heavy atom. The Balaban J connectivity index is 1.25. The summed E-state index contributed by atoms with van der Waals surface area (Å²) < 4.78 is 35.7. The van der Waals surface area contributed by atoms with Gasteiger partial charge in [-0.05, 0) is 62.9 Å². The molecule has 1 aromatic carbocycles. The predicted octanol–water partition coefficient (Wildman–Crippen LogP) is 3.11. The van der Waals surface area contributed by atoms with Crippen molar-refractivity contribution in [3.8, 4) is 11.8 Å². The van der Waals surface area contributed by atoms with Crippen LogP contribution in [0.1, 0.15) is 54.5 Å². The van der Waals surface area contributed by atoms with Gasteiger partial charge in [0.2, 0.25) is 10.0 Å². The molecule has 1 amide bonds. The average molecular weight is 539 g/mol. The molecule has 1 N–H and O–H groups in total. The van der Waals surface area contributed by atoms with E-state index < -0.39 is 10.0 Å². The van der Waals surface area contributed by atoms with Crippen LogP contribution in [0.4, 0.5) is 5.82 Å². The van der Waals surface area contributed by atoms with Crippen LogP contribution >= 0.6 is 0 Å². The number of aryl methyl sites for hydroxylation is 1. The number of hydrogen-bond acceptors (Lipinski definition) is 7. The van der Waals surface area contributed by atoms with Crippen LogP contribution in [0.5, 0.6) is 0 Å². The largest absolute Gasteiger partial charge is 0.354 e. The van der Waals surface area contributed by atoms with E-state index in [1.54, 1.807) is 4.90 Å². The van der Waals surface area contributed by atoms with Gasteiger partial charge in [0.25, 0.3) is 5.91 Å². The van der Waals surface area contributed by atoms with Crippen molar-refractivity contribution in [2.24, 2.45) is 5.92 Å². The number of rotatable bonds is 7. The Morgan fingerprint density at radius 3 is 2.74 bits per heavy atom. The van der Waals surface area contributed by atoms with E-state index in [4.69, 9.17) is 4.52 Å². The summed E-state index contributed by atoms with van der Waals surface area (Å²) in [6.45, 7) is 3.92. The van der Waals surface area contributed by atoms with Crippen LogP contribution in [0.3, 0.4) is 0 Å². The van der Waals surface area contributed by atoms with Gasteiger partial charge in [0.1, 0.15) is 0 Å². The minimum absolute atomic E-state index is 0.119. The summed E-state index contributed by atoms with van der Waals surface area (Å²) in [5, 5.41) is 9.39. The van der Waals surface area contributed by atoms with Crippen molar-refractivity contribution in [2.45, 2.75) is 58.7 Å². The summed E-state index contributed by atoms with van der Waals surface area (Å²) >= 11 is 0. The normalized spacial score (nSPS) is 16.1. The zero-order chi connectivity index (χ0) is 26.9. The summed E-state index contributed by atoms with van der Waals surface area (Å²) in [6, 6.07) is 3.87. The minimum atomic E-state index is -3.51. The van der Waals surface area contributed by atoms with Crippen molar-refractivity contribution < 1.29 is 17.7 Å². The van der Waals surface area contributed by atoms with E-state index in [1.165, 1.54) is 6.42 Å². The van der Waals surface area contributed by atoms with E-state index in [0.717, 1.165) is 48.1 Å². The van der Waals surface area contributed by atoms with Gasteiger partial charge < -0.3 is 9.42 Å². The fourth-order valence-electron chi connectivity index (χ4n) is 5.33. The summed E-state index contributed by atoms with van der Waals surface area (Å²) in [5.41, 5.74) is 4.26. The van der Waals surface area contributed by atoms with Crippen LogP contribution in [0, 0.1) is 24.7 Å². The van der Waals surface area contributed by atoms with E-state index in [2.05, 4.69) is 26.8 Å². The number of carbonyl (C=O) groups is 1. The average Bonchev–Trinajstić information content (AvgIpc) is 3.52. The molecule has 1 fully saturated rings. The van der Waals surface area contributed by atoms with Crippen LogP contribution in [-0.4, -0.2) is 65.5 Å². The first-order valence-electron chi connectivity index (χ1n) is 13.0. The number of nitrogens with zero attached hydrogens (tertiary/aromatic N) is 5. The number of fused-ring (bicyclic) bond motifs is 2. The molecule has 5 rings (SSSR count). The second-order valence-corrected chi connectivity index (χ2v) is 12.5. The number of hydrogen-bond donors (Lipinski definition) is 1. The molecule has 0 atom stereocenters. The first-order chi connectivity index (χ1) is 18.2. The van der Waals surface area contributed by atoms with Gasteiger partial charge in [-0.15, -0.1) is 0 Å². The lowest BCUT2D eigenvalue weighted by Crippen LogP contribution is -2.24. The molecule has 0 radical (unpaired) electrons. The molecule has 11 heteroatoms. The van der Waals surface area contributed by atoms with Crippen LogP contribution in [0.25, 0.3) is 11.0 Å². The number of amides is 1. The van der Waals surface area contributed by atoms with Crippen LogP contribution in [0.15, 0.2) is 22.9 Å². The van der Waals surface area contributed by atoms with Crippen molar-refractivity contribution in [1.82, 2.24) is 24.7 Å². The molecule has 0 saturated heterocycles. The van der Waals surface area contributed by atoms with E-state index in [0.29, 0.717) is 37.1 Å². The van der Waals surface area contributed by atoms with E-state index in [-0.39, 0.29) is 23.4 Å². The Bertz CT molecular complexity index is 1480. The Morgan fingerprint density at radius 1 is 1.21 bits per heavy atom. The molecule has 3 aromatic rings. The highest BCUT2D eigenvalue weighted by molar-refractivity contribution is 7.92. The number of benzene rings is 1. The summed E-state index contributed by atoms with van der Waals surface area (Å²) in [6.07, 6.45) is 7.25. The third-order valence-corrected chi connectivity index (χ3v) is 8.53. The van der Waals surface area contributed by atoms with Gasteiger partial charge in [0.15, 0.2) is 11.4 Å². The van der Waals surface area contributed by atoms with Crippen molar-refractivity contribution >= 4 is 32.7 Å². The zero-order valence-electron chi connectivity index (χ0n) is 22.2. The van der Waals surface area contributed by atoms with Gasteiger partial charge >= 0.3 is 0 Å². The van der Waals surface area contributed by atoms with Crippen LogP contribution < -0.4 is 4.72 Å². The predicted molar refractivity (Wildman–Crippen MR) is 145 cm³/mol. The van der Waals surface area contributed by atoms with Crippen molar-refractivity contribution in [1.29, 1.82) is 0 Å². The molecule has 1 aliphatic heterocycles. The monoisotopic (exact) mass is 538 g/mol. The zero-order valence-corrected chi connectivity index (χ0v) is 23.0. The Kier molecular flexibility index (Phi) is 7.45. The van der Waals surface area contributed by atoms with Crippen molar-refractivity contribution in [3.63, 3.8) is 0 Å². The fraction of sp³-hybridized carbons (Fsp3) is 0.519. The van der Waals surface area contributed by atoms with E-state index in [1.807, 2.05) is 48.9 Å². The topological polar surface area (TPSA) is 114 Å². The van der Waals surface area contributed by atoms with Crippen LogP contribution in [0.2, 0.25) is 0 Å². The molecular formula is C27H34N6O4S. The second kappa shape index (κ2) is 10.8. The van der Waals surface area contributed by atoms with Gasteiger partial charge in [-0.3, -0.25) is 19.1 Å². The number of carbonyl (C=O) groups excluding carboxylic acids is 1. The SMILES string of the molecule is Cc1cc(Cn2cc3c(n2)CN(C(=O)C#CCN(C)C)C3)cc2onc(NS(=O)(=O)CC3CCCCC3)c12. The summed E-state index contributed by atoms with van der Waals surface area (Å²) in [7, 11) is 0.307. The quantitative estimate of drug-likeness (QED) is 0.460. The first kappa shape index (κ1) is 26.3. The molecule has 0 unspecified atom stereocenters. The smallest absolute Gasteiger partial charge is 0.299 e. The third-order valence-electron chi connectivity index (χ3n) is 7.11. The van der Waals surface area contributed by atoms with Gasteiger partial charge in [-0.25, -0.2) is 8.42 Å². The number of anilines is 1. The lowest BCUT2D eigenvalue weighted by Gasteiger charge is -2.21. The van der Waals surface area contributed by atoms with Gasteiger partial charge in [-0.1, -0.05) is 36.4 Å². The maximum absolute atomic E-state index is 12.8. The van der Waals surface area contributed by atoms with E-state index >= 15 is 0 Å².